The first-order chi connectivity index (χ1) is 15.6. The average molecular weight is 445 g/mol. The van der Waals surface area contributed by atoms with Crippen LogP contribution in [0.25, 0.3) is 17.1 Å². The fourth-order valence-corrected chi connectivity index (χ4v) is 3.93. The Kier molecular flexibility index (Phi) is 6.81. The summed E-state index contributed by atoms with van der Waals surface area (Å²) in [6.45, 7) is 0.486. The van der Waals surface area contributed by atoms with Crippen LogP contribution in [-0.4, -0.2) is 45.5 Å². The Hall–Kier alpha value is -3.65. The lowest BCUT2D eigenvalue weighted by Gasteiger charge is -2.13. The van der Waals surface area contributed by atoms with E-state index in [0.717, 1.165) is 22.5 Å². The molecule has 0 atom stereocenters. The Morgan fingerprint density at radius 1 is 1.00 bits per heavy atom. The van der Waals surface area contributed by atoms with Gasteiger partial charge in [0, 0.05) is 50.0 Å². The molecule has 0 aliphatic rings. The predicted octanol–water partition coefficient (Wildman–Crippen LogP) is 3.80. The van der Waals surface area contributed by atoms with E-state index >= 15 is 0 Å². The van der Waals surface area contributed by atoms with E-state index in [2.05, 4.69) is 20.5 Å². The Balaban J connectivity index is 1.45. The number of thioether (sulfide) groups is 1. The van der Waals surface area contributed by atoms with Crippen molar-refractivity contribution in [3.05, 3.63) is 84.7 Å². The third-order valence-electron chi connectivity index (χ3n) is 4.84. The van der Waals surface area contributed by atoms with Gasteiger partial charge in [0.05, 0.1) is 5.75 Å². The molecule has 4 aromatic rings. The van der Waals surface area contributed by atoms with Crippen LogP contribution in [0.4, 0.5) is 5.69 Å². The van der Waals surface area contributed by atoms with Crippen LogP contribution in [0.5, 0.6) is 0 Å². The third-order valence-corrected chi connectivity index (χ3v) is 5.77. The van der Waals surface area contributed by atoms with Crippen LogP contribution in [0.1, 0.15) is 5.56 Å². The van der Waals surface area contributed by atoms with Crippen molar-refractivity contribution in [2.24, 2.45) is 0 Å². The van der Waals surface area contributed by atoms with Crippen LogP contribution >= 0.6 is 11.8 Å². The van der Waals surface area contributed by atoms with Crippen LogP contribution in [-0.2, 0) is 11.3 Å². The zero-order chi connectivity index (χ0) is 22.3. The molecule has 0 unspecified atom stereocenters. The first-order valence-corrected chi connectivity index (χ1v) is 11.2. The zero-order valence-corrected chi connectivity index (χ0v) is 18.8. The Labute approximate surface area is 191 Å². The highest BCUT2D eigenvalue weighted by molar-refractivity contribution is 7.99. The number of hydrogen-bond donors (Lipinski definition) is 1. The maximum atomic E-state index is 12.5. The van der Waals surface area contributed by atoms with Crippen molar-refractivity contribution in [3.8, 4) is 17.1 Å². The highest BCUT2D eigenvalue weighted by Gasteiger charge is 2.17. The number of nitrogens with zero attached hydrogens (tertiary/aromatic N) is 5. The van der Waals surface area contributed by atoms with Crippen molar-refractivity contribution >= 4 is 23.4 Å². The van der Waals surface area contributed by atoms with Gasteiger partial charge in [-0.3, -0.25) is 14.3 Å². The van der Waals surface area contributed by atoms with Gasteiger partial charge in [0.25, 0.3) is 0 Å². The van der Waals surface area contributed by atoms with Crippen LogP contribution in [0.3, 0.4) is 0 Å². The van der Waals surface area contributed by atoms with E-state index in [1.165, 1.54) is 11.8 Å². The van der Waals surface area contributed by atoms with Crippen LogP contribution in [0.2, 0.25) is 0 Å². The smallest absolute Gasteiger partial charge is 0.230 e. The number of pyridine rings is 1. The summed E-state index contributed by atoms with van der Waals surface area (Å²) < 4.78 is 1.95. The third kappa shape index (κ3) is 5.15. The molecule has 162 valence electrons. The van der Waals surface area contributed by atoms with E-state index in [0.29, 0.717) is 17.5 Å². The quantitative estimate of drug-likeness (QED) is 0.417. The van der Waals surface area contributed by atoms with Gasteiger partial charge in [-0.1, -0.05) is 42.1 Å². The second-order valence-electron chi connectivity index (χ2n) is 7.35. The van der Waals surface area contributed by atoms with Crippen molar-refractivity contribution in [3.63, 3.8) is 0 Å². The first kappa shape index (κ1) is 21.6. The van der Waals surface area contributed by atoms with Crippen LogP contribution < -0.4 is 10.2 Å². The van der Waals surface area contributed by atoms with Gasteiger partial charge in [-0.15, -0.1) is 10.2 Å². The van der Waals surface area contributed by atoms with E-state index in [4.69, 9.17) is 0 Å². The highest BCUT2D eigenvalue weighted by atomic mass is 32.2. The van der Waals surface area contributed by atoms with Crippen molar-refractivity contribution in [1.82, 2.24) is 25.1 Å². The second kappa shape index (κ2) is 10.1. The molecule has 4 rings (SSSR count). The summed E-state index contributed by atoms with van der Waals surface area (Å²) in [6.07, 6.45) is 3.48. The molecule has 0 aliphatic heterocycles. The van der Waals surface area contributed by atoms with E-state index in [-0.39, 0.29) is 11.7 Å². The maximum absolute atomic E-state index is 12.5. The lowest BCUT2D eigenvalue weighted by Crippen LogP contribution is -2.24. The second-order valence-corrected chi connectivity index (χ2v) is 8.29. The number of benzene rings is 2. The molecular formula is C24H24N6OS. The number of rotatable bonds is 8. The Morgan fingerprint density at radius 2 is 1.78 bits per heavy atom. The fraction of sp³-hybridized carbons (Fsp3) is 0.167. The van der Waals surface area contributed by atoms with Gasteiger partial charge < -0.3 is 10.2 Å². The molecule has 7 nitrogen and oxygen atoms in total. The van der Waals surface area contributed by atoms with E-state index in [1.54, 1.807) is 12.4 Å². The number of nitrogens with one attached hydrogen (secondary N) is 1. The van der Waals surface area contributed by atoms with E-state index in [1.807, 2.05) is 90.3 Å². The van der Waals surface area contributed by atoms with Gasteiger partial charge in [-0.05, 0) is 42.0 Å². The molecule has 2 aromatic heterocycles. The monoisotopic (exact) mass is 444 g/mol. The zero-order valence-electron chi connectivity index (χ0n) is 18.0. The summed E-state index contributed by atoms with van der Waals surface area (Å²) in [6, 6.07) is 21.8. The Bertz CT molecular complexity index is 1160. The minimum absolute atomic E-state index is 0.0581. The summed E-state index contributed by atoms with van der Waals surface area (Å²) in [5, 5.41) is 12.4. The molecule has 8 heteroatoms. The maximum Gasteiger partial charge on any atom is 0.230 e. The Morgan fingerprint density at radius 3 is 2.47 bits per heavy atom. The molecule has 0 spiro atoms. The summed E-state index contributed by atoms with van der Waals surface area (Å²) in [5.41, 5.74) is 3.97. The van der Waals surface area contributed by atoms with Gasteiger partial charge in [0.1, 0.15) is 0 Å². The molecule has 32 heavy (non-hydrogen) atoms. The highest BCUT2D eigenvalue weighted by Crippen LogP contribution is 2.27. The largest absolute Gasteiger partial charge is 0.378 e. The average Bonchev–Trinajstić information content (AvgIpc) is 3.27. The SMILES string of the molecule is CN(C)c1ccc(CNC(=O)CSc2nnc(-c3cccnc3)n2-c2ccccc2)cc1. The number of amides is 1. The molecular weight excluding hydrogens is 420 g/mol. The normalized spacial score (nSPS) is 10.7. The van der Waals surface area contributed by atoms with Gasteiger partial charge in [0.2, 0.25) is 5.91 Å². The van der Waals surface area contributed by atoms with Crippen molar-refractivity contribution in [1.29, 1.82) is 0 Å². The van der Waals surface area contributed by atoms with Gasteiger partial charge in [0.15, 0.2) is 11.0 Å². The number of carbonyl (C=O) groups excluding carboxylic acids is 1. The number of para-hydroxylation sites is 1. The van der Waals surface area contributed by atoms with Gasteiger partial charge in [-0.25, -0.2) is 0 Å². The number of hydrogen-bond acceptors (Lipinski definition) is 6. The van der Waals surface area contributed by atoms with E-state index in [9.17, 15) is 4.79 Å². The topological polar surface area (TPSA) is 75.9 Å². The minimum atomic E-state index is -0.0581. The summed E-state index contributed by atoms with van der Waals surface area (Å²) in [5.74, 6) is 0.874. The number of anilines is 1. The van der Waals surface area contributed by atoms with E-state index < -0.39 is 0 Å². The first-order valence-electron chi connectivity index (χ1n) is 10.2. The lowest BCUT2D eigenvalue weighted by molar-refractivity contribution is -0.118. The predicted molar refractivity (Wildman–Crippen MR) is 128 cm³/mol. The molecule has 1 amide bonds. The summed E-state index contributed by atoms with van der Waals surface area (Å²) >= 11 is 1.36. The molecule has 0 aliphatic carbocycles. The van der Waals surface area contributed by atoms with Crippen LogP contribution in [0.15, 0.2) is 84.3 Å². The minimum Gasteiger partial charge on any atom is -0.378 e. The molecule has 2 aromatic carbocycles. The van der Waals surface area contributed by atoms with Crippen molar-refractivity contribution in [2.75, 3.05) is 24.7 Å². The van der Waals surface area contributed by atoms with Crippen LogP contribution in [0, 0.1) is 0 Å². The molecule has 0 radical (unpaired) electrons. The summed E-state index contributed by atoms with van der Waals surface area (Å²) in [7, 11) is 4.00. The molecule has 0 saturated carbocycles. The fourth-order valence-electron chi connectivity index (χ4n) is 3.15. The van der Waals surface area contributed by atoms with Gasteiger partial charge in [-0.2, -0.15) is 0 Å². The van der Waals surface area contributed by atoms with Gasteiger partial charge >= 0.3 is 0 Å². The van der Waals surface area contributed by atoms with Crippen molar-refractivity contribution < 1.29 is 4.79 Å². The number of aromatic nitrogens is 4. The molecule has 0 saturated heterocycles. The lowest BCUT2D eigenvalue weighted by atomic mass is 10.2. The molecule has 0 bridgehead atoms. The standard InChI is InChI=1S/C24H24N6OS/c1-29(2)20-12-10-18(11-13-20)15-26-22(31)17-32-24-28-27-23(19-7-6-14-25-16-19)30(24)21-8-4-3-5-9-21/h3-14,16H,15,17H2,1-2H3,(H,26,31). The molecule has 2 heterocycles. The molecule has 0 fully saturated rings. The number of carbonyl (C=O) groups is 1. The molecule has 1 N–H and O–H groups in total. The summed E-state index contributed by atoms with van der Waals surface area (Å²) in [4.78, 5) is 18.7. The van der Waals surface area contributed by atoms with Crippen molar-refractivity contribution in [2.45, 2.75) is 11.7 Å².